The highest BCUT2D eigenvalue weighted by Gasteiger charge is 2.22. The van der Waals surface area contributed by atoms with Crippen molar-refractivity contribution in [3.05, 3.63) is 29.3 Å². The van der Waals surface area contributed by atoms with Gasteiger partial charge in [0.05, 0.1) is 7.11 Å². The smallest absolute Gasteiger partial charge is 0.123 e. The summed E-state index contributed by atoms with van der Waals surface area (Å²) in [5.41, 5.74) is 2.61. The Hall–Kier alpha value is -1.06. The predicted molar refractivity (Wildman–Crippen MR) is 89.0 cm³/mol. The van der Waals surface area contributed by atoms with E-state index in [1.807, 2.05) is 0 Å². The van der Waals surface area contributed by atoms with Gasteiger partial charge in [0, 0.05) is 18.2 Å². The zero-order chi connectivity index (χ0) is 15.2. The predicted octanol–water partition coefficient (Wildman–Crippen LogP) is 3.39. The van der Waals surface area contributed by atoms with E-state index in [9.17, 15) is 0 Å². The molecule has 1 saturated heterocycles. The van der Waals surface area contributed by atoms with Gasteiger partial charge in [-0.25, -0.2) is 0 Å². The highest BCUT2D eigenvalue weighted by molar-refractivity contribution is 5.38. The molecule has 1 N–H and O–H groups in total. The van der Waals surface area contributed by atoms with Crippen molar-refractivity contribution >= 4 is 0 Å². The lowest BCUT2D eigenvalue weighted by Gasteiger charge is -2.34. The van der Waals surface area contributed by atoms with Crippen molar-refractivity contribution in [2.24, 2.45) is 5.92 Å². The molecule has 1 aliphatic rings. The third kappa shape index (κ3) is 4.21. The fourth-order valence-electron chi connectivity index (χ4n) is 3.35. The number of piperidine rings is 1. The van der Waals surface area contributed by atoms with Gasteiger partial charge in [-0.1, -0.05) is 24.6 Å². The largest absolute Gasteiger partial charge is 0.496 e. The third-order valence-corrected chi connectivity index (χ3v) is 4.68. The second-order valence-electron chi connectivity index (χ2n) is 6.22. The van der Waals surface area contributed by atoms with Crippen molar-refractivity contribution in [3.63, 3.8) is 0 Å². The molecule has 1 aromatic rings. The number of nitrogens with one attached hydrogen (secondary N) is 1. The summed E-state index contributed by atoms with van der Waals surface area (Å²) in [7, 11) is 1.77. The molecule has 2 atom stereocenters. The monoisotopic (exact) mass is 290 g/mol. The molecule has 2 rings (SSSR count). The van der Waals surface area contributed by atoms with E-state index in [2.05, 4.69) is 49.2 Å². The van der Waals surface area contributed by atoms with E-state index < -0.39 is 0 Å². The van der Waals surface area contributed by atoms with Gasteiger partial charge in [0.2, 0.25) is 0 Å². The molecule has 0 saturated carbocycles. The van der Waals surface area contributed by atoms with Gasteiger partial charge in [-0.3, -0.25) is 4.90 Å². The number of methoxy groups -OCH3 is 1. The van der Waals surface area contributed by atoms with Crippen LogP contribution in [0.3, 0.4) is 0 Å². The third-order valence-electron chi connectivity index (χ3n) is 4.68. The van der Waals surface area contributed by atoms with E-state index in [1.54, 1.807) is 7.11 Å². The molecule has 0 amide bonds. The first-order chi connectivity index (χ1) is 10.2. The van der Waals surface area contributed by atoms with Crippen molar-refractivity contribution in [3.8, 4) is 5.75 Å². The molecule has 1 aliphatic heterocycles. The first-order valence-corrected chi connectivity index (χ1v) is 8.25. The van der Waals surface area contributed by atoms with Crippen LogP contribution in [0.1, 0.15) is 43.9 Å². The molecule has 0 spiro atoms. The SMILES string of the molecule is CCN(CC1CCCNC1)C(C)c1cc(C)ccc1OC. The van der Waals surface area contributed by atoms with Crippen molar-refractivity contribution in [1.82, 2.24) is 10.2 Å². The van der Waals surface area contributed by atoms with Gasteiger partial charge in [0.25, 0.3) is 0 Å². The number of rotatable bonds is 6. The van der Waals surface area contributed by atoms with Crippen LogP contribution in [0.2, 0.25) is 0 Å². The topological polar surface area (TPSA) is 24.5 Å². The molecule has 0 radical (unpaired) electrons. The zero-order valence-electron chi connectivity index (χ0n) is 14.0. The van der Waals surface area contributed by atoms with Crippen molar-refractivity contribution in [2.45, 2.75) is 39.7 Å². The summed E-state index contributed by atoms with van der Waals surface area (Å²) in [6.07, 6.45) is 2.66. The van der Waals surface area contributed by atoms with E-state index in [0.29, 0.717) is 6.04 Å². The lowest BCUT2D eigenvalue weighted by molar-refractivity contribution is 0.168. The van der Waals surface area contributed by atoms with Crippen molar-refractivity contribution in [1.29, 1.82) is 0 Å². The lowest BCUT2D eigenvalue weighted by Crippen LogP contribution is -2.39. The molecule has 21 heavy (non-hydrogen) atoms. The molecular formula is C18H30N2O. The summed E-state index contributed by atoms with van der Waals surface area (Å²) >= 11 is 0. The first-order valence-electron chi connectivity index (χ1n) is 8.25. The van der Waals surface area contributed by atoms with Crippen LogP contribution in [0.4, 0.5) is 0 Å². The summed E-state index contributed by atoms with van der Waals surface area (Å²) in [6.45, 7) is 11.3. The van der Waals surface area contributed by atoms with E-state index >= 15 is 0 Å². The molecule has 0 aliphatic carbocycles. The average Bonchev–Trinajstić information content (AvgIpc) is 2.53. The van der Waals surface area contributed by atoms with Crippen LogP contribution in [-0.4, -0.2) is 38.2 Å². The molecule has 118 valence electrons. The maximum Gasteiger partial charge on any atom is 0.123 e. The molecule has 3 nitrogen and oxygen atoms in total. The van der Waals surface area contributed by atoms with Crippen LogP contribution < -0.4 is 10.1 Å². The van der Waals surface area contributed by atoms with Gasteiger partial charge in [-0.2, -0.15) is 0 Å². The molecule has 1 heterocycles. The Labute approximate surface area is 129 Å². The van der Waals surface area contributed by atoms with Gasteiger partial charge in [0.15, 0.2) is 0 Å². The molecule has 0 aromatic heterocycles. The zero-order valence-corrected chi connectivity index (χ0v) is 14.0. The van der Waals surface area contributed by atoms with Gasteiger partial charge >= 0.3 is 0 Å². The summed E-state index contributed by atoms with van der Waals surface area (Å²) in [5.74, 6) is 1.78. The molecular weight excluding hydrogens is 260 g/mol. The number of hydrogen-bond acceptors (Lipinski definition) is 3. The minimum Gasteiger partial charge on any atom is -0.496 e. The Balaban J connectivity index is 2.11. The molecule has 2 unspecified atom stereocenters. The van der Waals surface area contributed by atoms with Crippen LogP contribution in [0.5, 0.6) is 5.75 Å². The van der Waals surface area contributed by atoms with E-state index in [-0.39, 0.29) is 0 Å². The Bertz CT molecular complexity index is 441. The van der Waals surface area contributed by atoms with E-state index in [4.69, 9.17) is 4.74 Å². The number of hydrogen-bond donors (Lipinski definition) is 1. The fraction of sp³-hybridized carbons (Fsp3) is 0.667. The highest BCUT2D eigenvalue weighted by Crippen LogP contribution is 2.31. The number of ether oxygens (including phenoxy) is 1. The van der Waals surface area contributed by atoms with Crippen LogP contribution in [0, 0.1) is 12.8 Å². The van der Waals surface area contributed by atoms with Gasteiger partial charge < -0.3 is 10.1 Å². The number of aryl methyl sites for hydroxylation is 1. The second-order valence-corrected chi connectivity index (χ2v) is 6.22. The average molecular weight is 290 g/mol. The summed E-state index contributed by atoms with van der Waals surface area (Å²) in [4.78, 5) is 2.58. The Morgan fingerprint density at radius 3 is 2.86 bits per heavy atom. The fourth-order valence-corrected chi connectivity index (χ4v) is 3.35. The first kappa shape index (κ1) is 16.3. The van der Waals surface area contributed by atoms with Crippen molar-refractivity contribution in [2.75, 3.05) is 33.3 Å². The Morgan fingerprint density at radius 1 is 1.43 bits per heavy atom. The van der Waals surface area contributed by atoms with Crippen LogP contribution >= 0.6 is 0 Å². The minimum absolute atomic E-state index is 0.395. The Kier molecular flexibility index (Phi) is 6.07. The highest BCUT2D eigenvalue weighted by atomic mass is 16.5. The van der Waals surface area contributed by atoms with Gasteiger partial charge in [0.1, 0.15) is 5.75 Å². The second kappa shape index (κ2) is 7.81. The molecule has 1 fully saturated rings. The van der Waals surface area contributed by atoms with Crippen molar-refractivity contribution < 1.29 is 4.74 Å². The quantitative estimate of drug-likeness (QED) is 0.869. The van der Waals surface area contributed by atoms with E-state index in [0.717, 1.165) is 24.8 Å². The summed E-state index contributed by atoms with van der Waals surface area (Å²) in [5, 5.41) is 3.52. The minimum atomic E-state index is 0.395. The summed E-state index contributed by atoms with van der Waals surface area (Å²) < 4.78 is 5.57. The number of benzene rings is 1. The number of nitrogens with zero attached hydrogens (tertiary/aromatic N) is 1. The van der Waals surface area contributed by atoms with Crippen LogP contribution in [0.25, 0.3) is 0 Å². The standard InChI is InChI=1S/C18H30N2O/c1-5-20(13-16-7-6-10-19-12-16)15(3)17-11-14(2)8-9-18(17)21-4/h8-9,11,15-16,19H,5-7,10,12-13H2,1-4H3. The van der Waals surface area contributed by atoms with Gasteiger partial charge in [-0.15, -0.1) is 0 Å². The van der Waals surface area contributed by atoms with Crippen LogP contribution in [-0.2, 0) is 0 Å². The van der Waals surface area contributed by atoms with Gasteiger partial charge in [-0.05, 0) is 58.3 Å². The maximum atomic E-state index is 5.57. The Morgan fingerprint density at radius 2 is 2.24 bits per heavy atom. The normalized spacial score (nSPS) is 20.5. The summed E-state index contributed by atoms with van der Waals surface area (Å²) in [6, 6.07) is 6.88. The molecule has 1 aromatic carbocycles. The van der Waals surface area contributed by atoms with Crippen LogP contribution in [0.15, 0.2) is 18.2 Å². The lowest BCUT2D eigenvalue weighted by atomic mass is 9.96. The van der Waals surface area contributed by atoms with E-state index in [1.165, 1.54) is 37.1 Å². The molecule has 3 heteroatoms. The maximum absolute atomic E-state index is 5.57. The molecule has 0 bridgehead atoms.